The fraction of sp³-hybridized carbons (Fsp3) is 0.657. The van der Waals surface area contributed by atoms with Crippen molar-refractivity contribution in [3.63, 3.8) is 0 Å². The molecule has 2 aromatic carbocycles. The van der Waals surface area contributed by atoms with Crippen LogP contribution in [0.2, 0.25) is 0 Å². The zero-order valence-electron chi connectivity index (χ0n) is 28.1. The van der Waals surface area contributed by atoms with Gasteiger partial charge < -0.3 is 18.6 Å². The lowest BCUT2D eigenvalue weighted by Gasteiger charge is -2.52. The quantitative estimate of drug-likeness (QED) is 0.310. The van der Waals surface area contributed by atoms with Gasteiger partial charge in [0.15, 0.2) is 0 Å². The molecule has 228 valence electrons. The third kappa shape index (κ3) is 5.08. The summed E-state index contributed by atoms with van der Waals surface area (Å²) in [6.45, 7) is 29.8. The van der Waals surface area contributed by atoms with E-state index in [-0.39, 0.29) is 33.5 Å². The summed E-state index contributed by atoms with van der Waals surface area (Å²) < 4.78 is 44.0. The Labute approximate surface area is 250 Å². The van der Waals surface area contributed by atoms with Crippen LogP contribution in [-0.2, 0) is 20.0 Å². The molecule has 4 rings (SSSR count). The minimum Gasteiger partial charge on any atom is -0.451 e. The number of hydrogen-bond donors (Lipinski definition) is 0. The molecule has 0 aliphatic carbocycles. The summed E-state index contributed by atoms with van der Waals surface area (Å²) in [7, 11) is -5.64. The van der Waals surface area contributed by atoms with Crippen LogP contribution in [-0.4, -0.2) is 28.4 Å². The van der Waals surface area contributed by atoms with Gasteiger partial charge in [-0.2, -0.15) is 0 Å². The van der Waals surface area contributed by atoms with Gasteiger partial charge in [-0.1, -0.05) is 95.2 Å². The van der Waals surface area contributed by atoms with Crippen molar-refractivity contribution in [3.05, 3.63) is 46.5 Å². The molecule has 1 spiro atoms. The number of rotatable bonds is 6. The lowest BCUT2D eigenvalue weighted by molar-refractivity contribution is -0.165. The molecule has 0 fully saturated rings. The topological polar surface area (TPSA) is 52.6 Å². The molecule has 6 heteroatoms. The monoisotopic (exact) mass is 600 g/mol. The Morgan fingerprint density at radius 3 is 1.15 bits per heavy atom. The summed E-state index contributed by atoms with van der Waals surface area (Å²) >= 11 is 0. The smallest absolute Gasteiger partial charge is 0.253 e. The fourth-order valence-electron chi connectivity index (χ4n) is 7.69. The molecule has 0 saturated carbocycles. The van der Waals surface area contributed by atoms with E-state index in [9.17, 15) is 9.13 Å². The molecule has 2 aromatic rings. The Hall–Kier alpha value is -1.50. The highest BCUT2D eigenvalue weighted by molar-refractivity contribution is 7.73. The average Bonchev–Trinajstić information content (AvgIpc) is 2.82. The molecule has 0 unspecified atom stereocenters. The molecule has 2 aliphatic heterocycles. The Bertz CT molecular complexity index is 1310. The van der Waals surface area contributed by atoms with Crippen LogP contribution in [0.5, 0.6) is 11.5 Å². The van der Waals surface area contributed by atoms with E-state index in [0.29, 0.717) is 12.8 Å². The molecular formula is C35H54O4P2. The standard InChI is InChI=1S/C35H54O4P2/c1-21(2)40(36,22(3)4)29-17-25(9)15-27-31(29)38-35(19-33(27,11)12)20-34(13,14)28-16-26(10)18-30(32(28)39-35)41(37,23(5)6)24(7)8/h15-18,21-24H,19-20H2,1-14H3. The predicted molar refractivity (Wildman–Crippen MR) is 177 cm³/mol. The van der Waals surface area contributed by atoms with Crippen LogP contribution in [0.15, 0.2) is 24.3 Å². The molecule has 0 amide bonds. The van der Waals surface area contributed by atoms with E-state index in [1.165, 1.54) is 0 Å². The molecule has 2 heterocycles. The molecule has 4 nitrogen and oxygen atoms in total. The maximum atomic E-state index is 14.9. The molecule has 41 heavy (non-hydrogen) atoms. The zero-order valence-corrected chi connectivity index (χ0v) is 29.8. The molecular weight excluding hydrogens is 546 g/mol. The van der Waals surface area contributed by atoms with Gasteiger partial charge in [-0.3, -0.25) is 0 Å². The van der Waals surface area contributed by atoms with Crippen molar-refractivity contribution >= 4 is 24.9 Å². The molecule has 0 N–H and O–H groups in total. The van der Waals surface area contributed by atoms with Crippen molar-refractivity contribution in [1.82, 2.24) is 0 Å². The van der Waals surface area contributed by atoms with Crippen LogP contribution in [0.1, 0.15) is 118 Å². The summed E-state index contributed by atoms with van der Waals surface area (Å²) in [6, 6.07) is 8.60. The van der Waals surface area contributed by atoms with Crippen molar-refractivity contribution in [2.24, 2.45) is 0 Å². The lowest BCUT2D eigenvalue weighted by atomic mass is 9.69. The van der Waals surface area contributed by atoms with Crippen molar-refractivity contribution < 1.29 is 18.6 Å². The highest BCUT2D eigenvalue weighted by Gasteiger charge is 2.56. The second kappa shape index (κ2) is 10.3. The summed E-state index contributed by atoms with van der Waals surface area (Å²) in [5, 5.41) is 1.69. The summed E-state index contributed by atoms with van der Waals surface area (Å²) in [6.07, 6.45) is 1.29. The second-order valence-corrected chi connectivity index (χ2v) is 23.3. The third-order valence-corrected chi connectivity index (χ3v) is 18.0. The van der Waals surface area contributed by atoms with Gasteiger partial charge in [-0.15, -0.1) is 0 Å². The fourth-order valence-corrected chi connectivity index (χ4v) is 14.1. The van der Waals surface area contributed by atoms with Gasteiger partial charge in [-0.25, -0.2) is 0 Å². The first-order valence-corrected chi connectivity index (χ1v) is 19.2. The Kier molecular flexibility index (Phi) is 8.14. The van der Waals surface area contributed by atoms with Crippen LogP contribution in [0.25, 0.3) is 0 Å². The van der Waals surface area contributed by atoms with E-state index in [4.69, 9.17) is 9.47 Å². The Balaban J connectivity index is 2.02. The van der Waals surface area contributed by atoms with Crippen LogP contribution in [0.3, 0.4) is 0 Å². The second-order valence-electron chi connectivity index (χ2n) is 15.4. The van der Waals surface area contributed by atoms with Gasteiger partial charge >= 0.3 is 0 Å². The van der Waals surface area contributed by atoms with Gasteiger partial charge in [0.1, 0.15) is 25.8 Å². The van der Waals surface area contributed by atoms with Crippen LogP contribution in [0.4, 0.5) is 0 Å². The molecule has 0 bridgehead atoms. The average molecular weight is 601 g/mol. The van der Waals surface area contributed by atoms with Gasteiger partial charge in [0.2, 0.25) is 0 Å². The summed E-state index contributed by atoms with van der Waals surface area (Å²) in [5.74, 6) is 0.501. The van der Waals surface area contributed by atoms with Gasteiger partial charge in [0.05, 0.1) is 10.6 Å². The number of fused-ring (bicyclic) bond motifs is 2. The summed E-state index contributed by atoms with van der Waals surface area (Å²) in [5.41, 5.74) is 3.79. The van der Waals surface area contributed by atoms with Gasteiger partial charge in [-0.05, 0) is 37.1 Å². The Morgan fingerprint density at radius 1 is 0.585 bits per heavy atom. The van der Waals surface area contributed by atoms with Crippen molar-refractivity contribution in [3.8, 4) is 11.5 Å². The third-order valence-electron chi connectivity index (χ3n) is 9.71. The SMILES string of the molecule is Cc1cc2c(c(P(=O)(C(C)C)C(C)C)c1)OC1(CC2(C)C)CC(C)(C)c2cc(C)cc(P(=O)(C(C)C)C(C)C)c2O1. The number of aryl methyl sites for hydroxylation is 2. The number of ether oxygens (including phenoxy) is 2. The van der Waals surface area contributed by atoms with Crippen molar-refractivity contribution in [2.45, 2.75) is 149 Å². The lowest BCUT2D eigenvalue weighted by Crippen LogP contribution is -2.57. The first-order valence-electron chi connectivity index (χ1n) is 15.5. The minimum atomic E-state index is -2.82. The van der Waals surface area contributed by atoms with Crippen LogP contribution >= 0.6 is 14.3 Å². The van der Waals surface area contributed by atoms with Gasteiger partial charge in [0, 0.05) is 57.4 Å². The van der Waals surface area contributed by atoms with E-state index < -0.39 is 20.1 Å². The van der Waals surface area contributed by atoms with Crippen molar-refractivity contribution in [1.29, 1.82) is 0 Å². The maximum Gasteiger partial charge on any atom is 0.253 e. The number of hydrogen-bond acceptors (Lipinski definition) is 4. The van der Waals surface area contributed by atoms with E-state index in [1.807, 2.05) is 0 Å². The van der Waals surface area contributed by atoms with E-state index >= 15 is 0 Å². The Morgan fingerprint density at radius 2 is 0.878 bits per heavy atom. The minimum absolute atomic E-state index is 0.0139. The summed E-state index contributed by atoms with van der Waals surface area (Å²) in [4.78, 5) is 0. The highest BCUT2D eigenvalue weighted by Crippen LogP contribution is 2.62. The largest absolute Gasteiger partial charge is 0.451 e. The molecule has 0 atom stereocenters. The number of benzene rings is 2. The first kappa shape index (κ1) is 32.4. The highest BCUT2D eigenvalue weighted by atomic mass is 31.2. The van der Waals surface area contributed by atoms with Gasteiger partial charge in [0.25, 0.3) is 5.79 Å². The first-order chi connectivity index (χ1) is 18.6. The molecule has 0 radical (unpaired) electrons. The van der Waals surface area contributed by atoms with Crippen LogP contribution in [0, 0.1) is 13.8 Å². The predicted octanol–water partition coefficient (Wildman–Crippen LogP) is 9.43. The van der Waals surface area contributed by atoms with E-state index in [0.717, 1.165) is 44.4 Å². The molecule has 0 aromatic heterocycles. The molecule has 0 saturated heterocycles. The van der Waals surface area contributed by atoms with Crippen molar-refractivity contribution in [2.75, 3.05) is 0 Å². The van der Waals surface area contributed by atoms with E-state index in [1.54, 1.807) is 0 Å². The van der Waals surface area contributed by atoms with Crippen LogP contribution < -0.4 is 20.1 Å². The molecule has 2 aliphatic rings. The van der Waals surface area contributed by atoms with E-state index in [2.05, 4.69) is 121 Å². The zero-order chi connectivity index (χ0) is 31.1. The maximum absolute atomic E-state index is 14.9. The normalized spacial score (nSPS) is 19.4.